The second-order valence-electron chi connectivity index (χ2n) is 6.85. The maximum absolute atomic E-state index is 9.69. The van der Waals surface area contributed by atoms with Crippen LogP contribution in [0.5, 0.6) is 5.75 Å². The predicted molar refractivity (Wildman–Crippen MR) is 125 cm³/mol. The van der Waals surface area contributed by atoms with Crippen LogP contribution in [-0.4, -0.2) is 4.98 Å². The summed E-state index contributed by atoms with van der Waals surface area (Å²) in [6.45, 7) is 0.442. The zero-order valence-corrected chi connectivity index (χ0v) is 17.9. The molecule has 0 amide bonds. The average molecular weight is 446 g/mol. The molecule has 0 atom stereocenters. The van der Waals surface area contributed by atoms with Crippen LogP contribution < -0.4 is 10.5 Å². The molecule has 0 unspecified atom stereocenters. The summed E-state index contributed by atoms with van der Waals surface area (Å²) in [6, 6.07) is 26.5. The van der Waals surface area contributed by atoms with Gasteiger partial charge in [0.2, 0.25) is 0 Å². The molecule has 2 N–H and O–H groups in total. The van der Waals surface area contributed by atoms with Gasteiger partial charge in [0.15, 0.2) is 0 Å². The first-order valence-electron chi connectivity index (χ1n) is 9.48. The summed E-state index contributed by atoms with van der Waals surface area (Å²) < 4.78 is 5.94. The van der Waals surface area contributed by atoms with Crippen molar-refractivity contribution in [3.8, 4) is 34.2 Å². The van der Waals surface area contributed by atoms with Gasteiger partial charge in [0.25, 0.3) is 0 Å². The number of nitrogen functional groups attached to an aromatic ring is 1. The first kappa shape index (κ1) is 20.7. The van der Waals surface area contributed by atoms with Crippen molar-refractivity contribution in [3.05, 3.63) is 100 Å². The van der Waals surface area contributed by atoms with Crippen LogP contribution in [-0.2, 0) is 6.61 Å². The Bertz CT molecular complexity index is 1280. The van der Waals surface area contributed by atoms with E-state index in [2.05, 4.69) is 11.1 Å². The topological polar surface area (TPSA) is 71.9 Å². The molecule has 4 nitrogen and oxygen atoms in total. The number of nitrogens with zero attached hydrogens (tertiary/aromatic N) is 2. The van der Waals surface area contributed by atoms with E-state index in [0.717, 1.165) is 11.1 Å². The minimum atomic E-state index is 0.127. The highest BCUT2D eigenvalue weighted by Gasteiger charge is 2.16. The van der Waals surface area contributed by atoms with E-state index in [1.54, 1.807) is 24.3 Å². The third-order valence-electron chi connectivity index (χ3n) is 4.76. The Morgan fingerprint density at radius 2 is 1.71 bits per heavy atom. The molecule has 0 bridgehead atoms. The molecule has 0 saturated carbocycles. The minimum absolute atomic E-state index is 0.127. The van der Waals surface area contributed by atoms with Crippen LogP contribution in [0, 0.1) is 11.3 Å². The number of anilines is 1. The largest absolute Gasteiger partial charge is 0.489 e. The van der Waals surface area contributed by atoms with Crippen molar-refractivity contribution in [1.29, 1.82) is 5.26 Å². The molecule has 0 spiro atoms. The number of hydrogen-bond acceptors (Lipinski definition) is 4. The molecule has 0 aliphatic heterocycles. The maximum Gasteiger partial charge on any atom is 0.142 e. The van der Waals surface area contributed by atoms with Gasteiger partial charge in [-0.2, -0.15) is 5.26 Å². The third kappa shape index (κ3) is 4.64. The van der Waals surface area contributed by atoms with Gasteiger partial charge in [-0.05, 0) is 47.5 Å². The van der Waals surface area contributed by atoms with Crippen molar-refractivity contribution in [3.63, 3.8) is 0 Å². The molecule has 1 heterocycles. The summed E-state index contributed by atoms with van der Waals surface area (Å²) in [4.78, 5) is 4.38. The number of nitriles is 1. The number of hydrogen-bond donors (Lipinski definition) is 1. The molecular formula is C25H17Cl2N3O. The minimum Gasteiger partial charge on any atom is -0.489 e. The third-order valence-corrected chi connectivity index (χ3v) is 5.32. The lowest BCUT2D eigenvalue weighted by Crippen LogP contribution is -2.00. The summed E-state index contributed by atoms with van der Waals surface area (Å²) in [5, 5.41) is 10.7. The Kier molecular flexibility index (Phi) is 6.08. The highest BCUT2D eigenvalue weighted by atomic mass is 35.5. The lowest BCUT2D eigenvalue weighted by Gasteiger charge is -2.13. The molecule has 4 aromatic rings. The average Bonchev–Trinajstić information content (AvgIpc) is 2.79. The highest BCUT2D eigenvalue weighted by molar-refractivity contribution is 6.35. The molecular weight excluding hydrogens is 429 g/mol. The van der Waals surface area contributed by atoms with Gasteiger partial charge < -0.3 is 10.5 Å². The SMILES string of the molecule is N#Cc1c(-c2cccc(OCc3ccccc3)c2)cc(-c2cc(Cl)ccc2Cl)nc1N. The predicted octanol–water partition coefficient (Wildman–Crippen LogP) is 6.76. The van der Waals surface area contributed by atoms with Crippen LogP contribution in [0.3, 0.4) is 0 Å². The van der Waals surface area contributed by atoms with E-state index in [-0.39, 0.29) is 5.82 Å². The van der Waals surface area contributed by atoms with Gasteiger partial charge in [-0.3, -0.25) is 0 Å². The first-order chi connectivity index (χ1) is 15.0. The normalized spacial score (nSPS) is 10.5. The molecule has 0 radical (unpaired) electrons. The highest BCUT2D eigenvalue weighted by Crippen LogP contribution is 2.36. The van der Waals surface area contributed by atoms with Crippen LogP contribution in [0.2, 0.25) is 10.0 Å². The van der Waals surface area contributed by atoms with Crippen molar-refractivity contribution < 1.29 is 4.74 Å². The molecule has 0 saturated heterocycles. The molecule has 4 rings (SSSR count). The van der Waals surface area contributed by atoms with Gasteiger partial charge in [-0.15, -0.1) is 0 Å². The second-order valence-corrected chi connectivity index (χ2v) is 7.70. The van der Waals surface area contributed by atoms with Crippen molar-refractivity contribution in [2.75, 3.05) is 5.73 Å². The zero-order valence-electron chi connectivity index (χ0n) is 16.3. The standard InChI is InChI=1S/C25H17Cl2N3O/c26-18-9-10-23(27)21(12-18)24-13-20(22(14-28)25(29)30-24)17-7-4-8-19(11-17)31-15-16-5-2-1-3-6-16/h1-13H,15H2,(H2,29,30). The Morgan fingerprint density at radius 3 is 2.48 bits per heavy atom. The van der Waals surface area contributed by atoms with E-state index in [9.17, 15) is 5.26 Å². The fourth-order valence-corrected chi connectivity index (χ4v) is 3.62. The second kappa shape index (κ2) is 9.09. The van der Waals surface area contributed by atoms with Gasteiger partial charge in [0.05, 0.1) is 10.7 Å². The van der Waals surface area contributed by atoms with E-state index in [4.69, 9.17) is 33.7 Å². The van der Waals surface area contributed by atoms with Crippen molar-refractivity contribution in [1.82, 2.24) is 4.98 Å². The van der Waals surface area contributed by atoms with Crippen molar-refractivity contribution in [2.24, 2.45) is 0 Å². The van der Waals surface area contributed by atoms with Gasteiger partial charge in [0, 0.05) is 16.1 Å². The Balaban J connectivity index is 1.74. The molecule has 0 fully saturated rings. The van der Waals surface area contributed by atoms with Crippen LogP contribution in [0.15, 0.2) is 78.9 Å². The van der Waals surface area contributed by atoms with Gasteiger partial charge in [-0.25, -0.2) is 4.98 Å². The van der Waals surface area contributed by atoms with Crippen LogP contribution >= 0.6 is 23.2 Å². The van der Waals surface area contributed by atoms with Crippen LogP contribution in [0.25, 0.3) is 22.4 Å². The first-order valence-corrected chi connectivity index (χ1v) is 10.2. The number of ether oxygens (including phenoxy) is 1. The lowest BCUT2D eigenvalue weighted by molar-refractivity contribution is 0.306. The van der Waals surface area contributed by atoms with Crippen LogP contribution in [0.4, 0.5) is 5.82 Å². The Hall–Kier alpha value is -3.52. The van der Waals surface area contributed by atoms with E-state index in [1.165, 1.54) is 0 Å². The molecule has 152 valence electrons. The maximum atomic E-state index is 9.69. The number of halogens is 2. The van der Waals surface area contributed by atoms with E-state index in [1.807, 2.05) is 54.6 Å². The summed E-state index contributed by atoms with van der Waals surface area (Å²) in [5.41, 5.74) is 10.1. The van der Waals surface area contributed by atoms with Gasteiger partial charge in [-0.1, -0.05) is 65.7 Å². The quantitative estimate of drug-likeness (QED) is 0.368. The van der Waals surface area contributed by atoms with E-state index in [0.29, 0.717) is 44.8 Å². The Morgan fingerprint density at radius 1 is 0.903 bits per heavy atom. The molecule has 3 aromatic carbocycles. The Labute approximate surface area is 190 Å². The van der Waals surface area contributed by atoms with Gasteiger partial charge >= 0.3 is 0 Å². The number of pyridine rings is 1. The molecule has 0 aliphatic rings. The molecule has 6 heteroatoms. The zero-order chi connectivity index (χ0) is 21.8. The summed E-state index contributed by atoms with van der Waals surface area (Å²) >= 11 is 12.5. The van der Waals surface area contributed by atoms with E-state index < -0.39 is 0 Å². The number of benzene rings is 3. The fourth-order valence-electron chi connectivity index (χ4n) is 3.24. The fraction of sp³-hybridized carbons (Fsp3) is 0.0400. The lowest BCUT2D eigenvalue weighted by atomic mass is 9.98. The summed E-state index contributed by atoms with van der Waals surface area (Å²) in [6.07, 6.45) is 0. The van der Waals surface area contributed by atoms with Gasteiger partial charge in [0.1, 0.15) is 29.8 Å². The monoisotopic (exact) mass is 445 g/mol. The number of nitrogens with two attached hydrogens (primary N) is 1. The number of rotatable bonds is 5. The molecule has 31 heavy (non-hydrogen) atoms. The summed E-state index contributed by atoms with van der Waals surface area (Å²) in [5.74, 6) is 0.810. The molecule has 1 aromatic heterocycles. The number of aromatic nitrogens is 1. The van der Waals surface area contributed by atoms with Crippen molar-refractivity contribution >= 4 is 29.0 Å². The van der Waals surface area contributed by atoms with Crippen LogP contribution in [0.1, 0.15) is 11.1 Å². The molecule has 0 aliphatic carbocycles. The summed E-state index contributed by atoms with van der Waals surface area (Å²) in [7, 11) is 0. The smallest absolute Gasteiger partial charge is 0.142 e. The van der Waals surface area contributed by atoms with Crippen molar-refractivity contribution in [2.45, 2.75) is 6.61 Å². The van der Waals surface area contributed by atoms with E-state index >= 15 is 0 Å².